The van der Waals surface area contributed by atoms with Crippen molar-refractivity contribution in [2.24, 2.45) is 16.8 Å². The number of aromatic nitrogens is 2. The molecule has 148 valence electrons. The van der Waals surface area contributed by atoms with Crippen LogP contribution in [0.25, 0.3) is 0 Å². The fraction of sp³-hybridized carbons (Fsp3) is 0.722. The number of carbonyl (C=O) groups is 1. The van der Waals surface area contributed by atoms with E-state index in [-0.39, 0.29) is 41.8 Å². The molecule has 2 atom stereocenters. The van der Waals surface area contributed by atoms with Crippen molar-refractivity contribution in [2.75, 3.05) is 33.3 Å². The molecule has 2 unspecified atom stereocenters. The fourth-order valence-electron chi connectivity index (χ4n) is 3.33. The summed E-state index contributed by atoms with van der Waals surface area (Å²) in [6, 6.07) is 2.09. The topological polar surface area (TPSA) is 71.8 Å². The number of ether oxygens (including phenoxy) is 1. The highest BCUT2D eigenvalue weighted by molar-refractivity contribution is 14.0. The second kappa shape index (κ2) is 10.7. The van der Waals surface area contributed by atoms with E-state index < -0.39 is 0 Å². The molecule has 1 aliphatic heterocycles. The Hall–Kier alpha value is -1.32. The predicted molar refractivity (Wildman–Crippen MR) is 114 cm³/mol. The molecule has 0 aromatic carbocycles. The molecule has 8 heteroatoms. The lowest BCUT2D eigenvalue weighted by Gasteiger charge is -2.21. The van der Waals surface area contributed by atoms with Crippen LogP contribution >= 0.6 is 24.0 Å². The van der Waals surface area contributed by atoms with Gasteiger partial charge in [-0.25, -0.2) is 0 Å². The minimum Gasteiger partial charge on any atom is -0.469 e. The number of hydrogen-bond acceptors (Lipinski definition) is 4. The molecule has 1 aromatic rings. The minimum absolute atomic E-state index is 0. The van der Waals surface area contributed by atoms with E-state index in [0.717, 1.165) is 44.3 Å². The van der Waals surface area contributed by atoms with Gasteiger partial charge in [-0.2, -0.15) is 5.10 Å². The number of hydrogen-bond donors (Lipinski definition) is 1. The lowest BCUT2D eigenvalue weighted by Crippen LogP contribution is -2.40. The quantitative estimate of drug-likeness (QED) is 0.224. The zero-order chi connectivity index (χ0) is 18.4. The van der Waals surface area contributed by atoms with Crippen LogP contribution in [0.3, 0.4) is 0 Å². The number of nitrogens with one attached hydrogen (secondary N) is 1. The van der Waals surface area contributed by atoms with Crippen molar-refractivity contribution >= 4 is 35.9 Å². The third kappa shape index (κ3) is 5.85. The molecule has 2 heterocycles. The molecule has 1 saturated heterocycles. The molecule has 0 spiro atoms. The van der Waals surface area contributed by atoms with Crippen molar-refractivity contribution in [3.8, 4) is 0 Å². The highest BCUT2D eigenvalue weighted by atomic mass is 127. The van der Waals surface area contributed by atoms with Crippen LogP contribution in [0.15, 0.2) is 11.1 Å². The van der Waals surface area contributed by atoms with Gasteiger partial charge in [0.05, 0.1) is 18.7 Å². The van der Waals surface area contributed by atoms with Gasteiger partial charge in [0.2, 0.25) is 0 Å². The monoisotopic (exact) mass is 477 g/mol. The average molecular weight is 477 g/mol. The maximum absolute atomic E-state index is 11.9. The predicted octanol–water partition coefficient (Wildman–Crippen LogP) is 2.21. The smallest absolute Gasteiger partial charge is 0.310 e. The fourth-order valence-corrected chi connectivity index (χ4v) is 3.33. The second-order valence-corrected chi connectivity index (χ2v) is 6.75. The highest BCUT2D eigenvalue weighted by Gasteiger charge is 2.36. The normalized spacial score (nSPS) is 20.0. The summed E-state index contributed by atoms with van der Waals surface area (Å²) in [6.07, 6.45) is 0.931. The Balaban J connectivity index is 0.00000338. The van der Waals surface area contributed by atoms with Gasteiger partial charge in [-0.3, -0.25) is 14.5 Å². The first-order valence-corrected chi connectivity index (χ1v) is 9.08. The summed E-state index contributed by atoms with van der Waals surface area (Å²) in [4.78, 5) is 18.8. The van der Waals surface area contributed by atoms with Gasteiger partial charge in [-0.15, -0.1) is 24.0 Å². The van der Waals surface area contributed by atoms with E-state index in [2.05, 4.69) is 42.2 Å². The van der Waals surface area contributed by atoms with E-state index in [1.165, 1.54) is 12.8 Å². The average Bonchev–Trinajstić information content (AvgIpc) is 3.11. The molecule has 2 rings (SSSR count). The molecule has 1 fully saturated rings. The van der Waals surface area contributed by atoms with Gasteiger partial charge >= 0.3 is 5.97 Å². The third-order valence-corrected chi connectivity index (χ3v) is 4.64. The van der Waals surface area contributed by atoms with Crippen LogP contribution < -0.4 is 5.32 Å². The van der Waals surface area contributed by atoms with Crippen LogP contribution in [0.2, 0.25) is 0 Å². The summed E-state index contributed by atoms with van der Waals surface area (Å²) >= 11 is 0. The highest BCUT2D eigenvalue weighted by Crippen LogP contribution is 2.24. The second-order valence-electron chi connectivity index (χ2n) is 6.75. The van der Waals surface area contributed by atoms with E-state index in [1.54, 1.807) is 0 Å². The molecule has 0 amide bonds. The molecule has 0 bridgehead atoms. The summed E-state index contributed by atoms with van der Waals surface area (Å²) in [5.74, 6) is 0.944. The maximum atomic E-state index is 11.9. The summed E-state index contributed by atoms with van der Waals surface area (Å²) in [5, 5.41) is 7.82. The maximum Gasteiger partial charge on any atom is 0.310 e. The van der Waals surface area contributed by atoms with Crippen molar-refractivity contribution in [3.63, 3.8) is 0 Å². The number of halogens is 1. The first-order valence-electron chi connectivity index (χ1n) is 9.08. The Bertz CT molecular complexity index is 617. The lowest BCUT2D eigenvalue weighted by molar-refractivity contribution is -0.145. The Morgan fingerprint density at radius 2 is 2.15 bits per heavy atom. The molecule has 26 heavy (non-hydrogen) atoms. The van der Waals surface area contributed by atoms with E-state index in [4.69, 9.17) is 9.73 Å². The lowest BCUT2D eigenvalue weighted by atomic mass is 9.99. The van der Waals surface area contributed by atoms with Crippen LogP contribution in [0.1, 0.15) is 31.7 Å². The van der Waals surface area contributed by atoms with E-state index in [0.29, 0.717) is 6.54 Å². The van der Waals surface area contributed by atoms with Crippen LogP contribution in [0.4, 0.5) is 0 Å². The first kappa shape index (κ1) is 22.7. The summed E-state index contributed by atoms with van der Waals surface area (Å²) in [5.41, 5.74) is 2.23. The van der Waals surface area contributed by atoms with Crippen molar-refractivity contribution < 1.29 is 9.53 Å². The molecular formula is C18H32IN5O2. The van der Waals surface area contributed by atoms with Crippen molar-refractivity contribution in [3.05, 3.63) is 17.5 Å². The summed E-state index contributed by atoms with van der Waals surface area (Å²) < 4.78 is 6.95. The van der Waals surface area contributed by atoms with Crippen molar-refractivity contribution in [2.45, 2.75) is 40.7 Å². The molecule has 1 N–H and O–H groups in total. The zero-order valence-electron chi connectivity index (χ0n) is 16.5. The number of aliphatic imine (C=N–C) groups is 1. The van der Waals surface area contributed by atoms with Gasteiger partial charge in [0.15, 0.2) is 5.96 Å². The van der Waals surface area contributed by atoms with Crippen LogP contribution in [-0.2, 0) is 16.1 Å². The van der Waals surface area contributed by atoms with Gasteiger partial charge in [-0.1, -0.05) is 6.92 Å². The minimum atomic E-state index is -0.129. The van der Waals surface area contributed by atoms with Gasteiger partial charge in [0.1, 0.15) is 0 Å². The Labute approximate surface area is 173 Å². The largest absolute Gasteiger partial charge is 0.469 e. The van der Waals surface area contributed by atoms with Gasteiger partial charge in [-0.05, 0) is 39.2 Å². The number of likely N-dealkylation sites (tertiary alicyclic amines) is 1. The van der Waals surface area contributed by atoms with Crippen molar-refractivity contribution in [1.82, 2.24) is 20.0 Å². The standard InChI is InChI=1S/C18H31N5O2.HI/c1-6-19-18(22-11-13(2)16(12-22)17(24)25-5)20-8-7-9-23-15(4)10-14(3)21-23;/h10,13,16H,6-9,11-12H2,1-5H3,(H,19,20);1H. The van der Waals surface area contributed by atoms with Gasteiger partial charge < -0.3 is 15.0 Å². The number of aryl methyl sites for hydroxylation is 3. The Morgan fingerprint density at radius 1 is 1.42 bits per heavy atom. The zero-order valence-corrected chi connectivity index (χ0v) is 18.8. The molecule has 0 saturated carbocycles. The van der Waals surface area contributed by atoms with Crippen LogP contribution in [0, 0.1) is 25.7 Å². The first-order chi connectivity index (χ1) is 12.0. The number of esters is 1. The van der Waals surface area contributed by atoms with Gasteiger partial charge in [0, 0.05) is 38.4 Å². The van der Waals surface area contributed by atoms with Gasteiger partial charge in [0.25, 0.3) is 0 Å². The molecule has 0 radical (unpaired) electrons. The SMILES string of the molecule is CCNC(=NCCCn1nc(C)cc1C)N1CC(C)C(C(=O)OC)C1.I. The number of guanidine groups is 1. The molecule has 1 aliphatic rings. The molecule has 7 nitrogen and oxygen atoms in total. The van der Waals surface area contributed by atoms with E-state index in [9.17, 15) is 4.79 Å². The Morgan fingerprint density at radius 3 is 2.73 bits per heavy atom. The van der Waals surface area contributed by atoms with E-state index >= 15 is 0 Å². The number of methoxy groups -OCH3 is 1. The molecule has 0 aliphatic carbocycles. The van der Waals surface area contributed by atoms with Crippen molar-refractivity contribution in [1.29, 1.82) is 0 Å². The van der Waals surface area contributed by atoms with E-state index in [1.807, 2.05) is 11.6 Å². The number of rotatable bonds is 6. The number of carbonyl (C=O) groups excluding carboxylic acids is 1. The molecular weight excluding hydrogens is 445 g/mol. The van der Waals surface area contributed by atoms with Crippen LogP contribution in [-0.4, -0.2) is 59.9 Å². The third-order valence-electron chi connectivity index (χ3n) is 4.64. The summed E-state index contributed by atoms with van der Waals surface area (Å²) in [7, 11) is 1.45. The Kier molecular flexibility index (Phi) is 9.38. The van der Waals surface area contributed by atoms with Crippen LogP contribution in [0.5, 0.6) is 0 Å². The molecule has 1 aromatic heterocycles. The number of nitrogens with zero attached hydrogens (tertiary/aromatic N) is 4. The summed E-state index contributed by atoms with van der Waals surface area (Å²) in [6.45, 7) is 12.1.